The molecule has 7 nitrogen and oxygen atoms in total. The molecule has 1 aromatic heterocycles. The molecule has 0 bridgehead atoms. The highest BCUT2D eigenvalue weighted by atomic mass is 32.2. The third-order valence-electron chi connectivity index (χ3n) is 5.61. The molecular formula is C23H22N4O3S. The molecule has 0 radical (unpaired) electrons. The predicted molar refractivity (Wildman–Crippen MR) is 116 cm³/mol. The summed E-state index contributed by atoms with van der Waals surface area (Å²) in [5.74, 6) is -0.405. The van der Waals surface area contributed by atoms with E-state index in [1.807, 2.05) is 67.6 Å². The van der Waals surface area contributed by atoms with Crippen molar-refractivity contribution in [3.63, 3.8) is 0 Å². The lowest BCUT2D eigenvalue weighted by molar-refractivity contribution is -0.163. The number of aromatic nitrogens is 3. The predicted octanol–water partition coefficient (Wildman–Crippen LogP) is 2.96. The fourth-order valence-electron chi connectivity index (χ4n) is 4.12. The van der Waals surface area contributed by atoms with Crippen molar-refractivity contribution in [2.24, 2.45) is 0 Å². The van der Waals surface area contributed by atoms with Crippen molar-refractivity contribution < 1.29 is 14.3 Å². The van der Waals surface area contributed by atoms with E-state index in [1.165, 1.54) is 0 Å². The minimum atomic E-state index is -0.655. The molecular weight excluding hydrogens is 412 g/mol. The zero-order chi connectivity index (χ0) is 21.4. The van der Waals surface area contributed by atoms with Crippen molar-refractivity contribution in [2.45, 2.75) is 42.7 Å². The van der Waals surface area contributed by atoms with Crippen molar-refractivity contribution in [1.82, 2.24) is 19.9 Å². The highest BCUT2D eigenvalue weighted by Gasteiger charge is 2.55. The second-order valence-electron chi connectivity index (χ2n) is 7.76. The first-order chi connectivity index (χ1) is 15.1. The Morgan fingerprint density at radius 2 is 1.77 bits per heavy atom. The average Bonchev–Trinajstić information content (AvgIpc) is 3.33. The van der Waals surface area contributed by atoms with Gasteiger partial charge in [0.05, 0.1) is 35.5 Å². The number of thioether (sulfide) groups is 1. The van der Waals surface area contributed by atoms with E-state index >= 15 is 0 Å². The first-order valence-electron chi connectivity index (χ1n) is 10.2. The van der Waals surface area contributed by atoms with Gasteiger partial charge in [0.2, 0.25) is 5.91 Å². The Morgan fingerprint density at radius 1 is 1.13 bits per heavy atom. The fourth-order valence-corrected chi connectivity index (χ4v) is 5.75. The van der Waals surface area contributed by atoms with Gasteiger partial charge in [-0.3, -0.25) is 4.79 Å². The van der Waals surface area contributed by atoms with Crippen molar-refractivity contribution in [3.05, 3.63) is 83.7 Å². The first kappa shape index (κ1) is 19.8. The lowest BCUT2D eigenvalue weighted by Gasteiger charge is -2.37. The number of nitrogens with zero attached hydrogens (tertiary/aromatic N) is 4. The molecule has 2 aliphatic rings. The summed E-state index contributed by atoms with van der Waals surface area (Å²) < 4.78 is 6.08. The number of carbonyl (C=O) groups is 2. The SMILES string of the molecule is Cc1cnn(CC2S[C@@H]3CC(=O)N3C2C(=O)OC(c2ccccc2)c2ccccc2)n1. The molecule has 8 heteroatoms. The topological polar surface area (TPSA) is 77.3 Å². The molecule has 158 valence electrons. The monoisotopic (exact) mass is 434 g/mol. The van der Waals surface area contributed by atoms with E-state index < -0.39 is 18.1 Å². The van der Waals surface area contributed by atoms with Gasteiger partial charge in [-0.25, -0.2) is 4.79 Å². The number of benzene rings is 2. The molecule has 3 heterocycles. The standard InChI is InChI=1S/C23H22N4O3S/c1-15-13-24-26(25-15)14-18-21(27-19(28)12-20(27)31-18)23(29)30-22(16-8-4-2-5-9-16)17-10-6-3-7-11-17/h2-11,13,18,20-22H,12,14H2,1H3/t18?,20-,21?/m1/s1. The zero-order valence-corrected chi connectivity index (χ0v) is 17.8. The molecule has 0 aliphatic carbocycles. The molecule has 1 amide bonds. The quantitative estimate of drug-likeness (QED) is 0.439. The Morgan fingerprint density at radius 3 is 2.32 bits per heavy atom. The summed E-state index contributed by atoms with van der Waals surface area (Å²) in [5.41, 5.74) is 2.59. The van der Waals surface area contributed by atoms with Crippen molar-refractivity contribution >= 4 is 23.6 Å². The number of carbonyl (C=O) groups excluding carboxylic acids is 2. The highest BCUT2D eigenvalue weighted by molar-refractivity contribution is 8.01. The van der Waals surface area contributed by atoms with Gasteiger partial charge in [0.1, 0.15) is 6.04 Å². The number of aryl methyl sites for hydroxylation is 1. The van der Waals surface area contributed by atoms with Crippen molar-refractivity contribution in [2.75, 3.05) is 0 Å². The van der Waals surface area contributed by atoms with Crippen LogP contribution in [-0.2, 0) is 20.9 Å². The summed E-state index contributed by atoms with van der Waals surface area (Å²) in [6.07, 6.45) is 1.60. The lowest BCUT2D eigenvalue weighted by atomic mass is 10.0. The molecule has 0 spiro atoms. The fraction of sp³-hybridized carbons (Fsp3) is 0.304. The van der Waals surface area contributed by atoms with Gasteiger partial charge < -0.3 is 9.64 Å². The normalized spacial score (nSPS) is 22.3. The van der Waals surface area contributed by atoms with E-state index in [-0.39, 0.29) is 16.5 Å². The van der Waals surface area contributed by atoms with Crippen LogP contribution in [0.4, 0.5) is 0 Å². The number of esters is 1. The molecule has 5 rings (SSSR count). The number of β-lactam (4-membered cyclic amide) rings is 1. The van der Waals surface area contributed by atoms with Crippen LogP contribution >= 0.6 is 11.8 Å². The average molecular weight is 435 g/mol. The molecule has 0 saturated carbocycles. The molecule has 2 unspecified atom stereocenters. The van der Waals surface area contributed by atoms with Crippen LogP contribution in [0, 0.1) is 6.92 Å². The molecule has 3 atom stereocenters. The van der Waals surface area contributed by atoms with Crippen LogP contribution in [-0.4, -0.2) is 48.4 Å². The van der Waals surface area contributed by atoms with Crippen LogP contribution in [0.1, 0.15) is 29.3 Å². The molecule has 3 aromatic rings. The Labute approximate surface area is 184 Å². The Hall–Kier alpha value is -3.13. The summed E-state index contributed by atoms with van der Waals surface area (Å²) in [5, 5.41) is 8.45. The zero-order valence-electron chi connectivity index (χ0n) is 17.0. The van der Waals surface area contributed by atoms with E-state index in [0.717, 1.165) is 16.8 Å². The van der Waals surface area contributed by atoms with Crippen LogP contribution in [0.5, 0.6) is 0 Å². The minimum absolute atomic E-state index is 0.0115. The van der Waals surface area contributed by atoms with Gasteiger partial charge in [0, 0.05) is 0 Å². The summed E-state index contributed by atoms with van der Waals surface area (Å²) in [7, 11) is 0. The Balaban J connectivity index is 1.42. The van der Waals surface area contributed by atoms with Gasteiger partial charge in [-0.1, -0.05) is 60.7 Å². The largest absolute Gasteiger partial charge is 0.451 e. The van der Waals surface area contributed by atoms with Gasteiger partial charge in [-0.2, -0.15) is 15.0 Å². The second kappa shape index (κ2) is 8.19. The van der Waals surface area contributed by atoms with E-state index in [0.29, 0.717) is 13.0 Å². The maximum Gasteiger partial charge on any atom is 0.331 e. The van der Waals surface area contributed by atoms with Gasteiger partial charge in [-0.15, -0.1) is 11.8 Å². The number of rotatable bonds is 6. The minimum Gasteiger partial charge on any atom is -0.451 e. The third-order valence-corrected chi connectivity index (χ3v) is 7.07. The molecule has 0 N–H and O–H groups in total. The lowest BCUT2D eigenvalue weighted by Crippen LogP contribution is -2.56. The van der Waals surface area contributed by atoms with E-state index in [2.05, 4.69) is 10.2 Å². The summed E-state index contributed by atoms with van der Waals surface area (Å²) in [6, 6.07) is 18.7. The maximum absolute atomic E-state index is 13.5. The summed E-state index contributed by atoms with van der Waals surface area (Å²) in [6.45, 7) is 2.32. The van der Waals surface area contributed by atoms with Crippen LogP contribution in [0.2, 0.25) is 0 Å². The van der Waals surface area contributed by atoms with Gasteiger partial charge in [0.25, 0.3) is 0 Å². The Bertz CT molecular complexity index is 1050. The summed E-state index contributed by atoms with van der Waals surface area (Å²) >= 11 is 1.63. The van der Waals surface area contributed by atoms with E-state index in [9.17, 15) is 9.59 Å². The number of fused-ring (bicyclic) bond motifs is 1. The number of ether oxygens (including phenoxy) is 1. The molecule has 2 saturated heterocycles. The van der Waals surface area contributed by atoms with Crippen LogP contribution in [0.15, 0.2) is 66.9 Å². The molecule has 2 aliphatic heterocycles. The van der Waals surface area contributed by atoms with Crippen LogP contribution in [0.25, 0.3) is 0 Å². The third kappa shape index (κ3) is 3.83. The maximum atomic E-state index is 13.5. The smallest absolute Gasteiger partial charge is 0.331 e. The number of hydrogen-bond acceptors (Lipinski definition) is 6. The molecule has 31 heavy (non-hydrogen) atoms. The Kier molecular flexibility index (Phi) is 5.23. The van der Waals surface area contributed by atoms with Crippen molar-refractivity contribution in [1.29, 1.82) is 0 Å². The van der Waals surface area contributed by atoms with E-state index in [1.54, 1.807) is 27.7 Å². The van der Waals surface area contributed by atoms with Crippen LogP contribution < -0.4 is 0 Å². The van der Waals surface area contributed by atoms with Crippen molar-refractivity contribution in [3.8, 4) is 0 Å². The summed E-state index contributed by atoms with van der Waals surface area (Å²) in [4.78, 5) is 29.0. The highest BCUT2D eigenvalue weighted by Crippen LogP contribution is 2.45. The molecule has 2 fully saturated rings. The second-order valence-corrected chi connectivity index (χ2v) is 9.18. The van der Waals surface area contributed by atoms with Gasteiger partial charge in [-0.05, 0) is 18.1 Å². The van der Waals surface area contributed by atoms with Gasteiger partial charge >= 0.3 is 5.97 Å². The van der Waals surface area contributed by atoms with Gasteiger partial charge in [0.15, 0.2) is 6.10 Å². The number of amides is 1. The van der Waals surface area contributed by atoms with Crippen LogP contribution in [0.3, 0.4) is 0 Å². The molecule has 2 aromatic carbocycles. The number of hydrogen-bond donors (Lipinski definition) is 0. The van der Waals surface area contributed by atoms with E-state index in [4.69, 9.17) is 4.74 Å². The first-order valence-corrected chi connectivity index (χ1v) is 11.2.